The molecule has 0 radical (unpaired) electrons. The van der Waals surface area contributed by atoms with Crippen molar-refractivity contribution >= 4 is 5.78 Å². The van der Waals surface area contributed by atoms with Gasteiger partial charge in [0.15, 0.2) is 11.5 Å². The third kappa shape index (κ3) is 7.57. The number of aryl methyl sites for hydroxylation is 1. The molecule has 3 aromatic rings. The van der Waals surface area contributed by atoms with Gasteiger partial charge in [-0.2, -0.15) is 23.5 Å². The maximum absolute atomic E-state index is 13.5. The molecule has 3 unspecified atom stereocenters. The van der Waals surface area contributed by atoms with Gasteiger partial charge >= 0.3 is 6.18 Å². The molecule has 3 atom stereocenters. The Balaban J connectivity index is 1.77. The van der Waals surface area contributed by atoms with Gasteiger partial charge in [0.05, 0.1) is 11.8 Å². The minimum absolute atomic E-state index is 0.00639. The van der Waals surface area contributed by atoms with E-state index in [1.165, 1.54) is 0 Å². The fourth-order valence-corrected chi connectivity index (χ4v) is 4.44. The lowest BCUT2D eigenvalue weighted by molar-refractivity contribution is -0.141. The molecule has 2 aromatic carbocycles. The average molecular weight is 534 g/mol. The number of allylic oxidation sites excluding steroid dienone is 4. The number of hydrogen-bond donors (Lipinski definition) is 0. The molecule has 0 bridgehead atoms. The summed E-state index contributed by atoms with van der Waals surface area (Å²) in [5.74, 6) is -1.04. The number of ketones is 1. The molecule has 0 fully saturated rings. The van der Waals surface area contributed by atoms with Crippen LogP contribution in [-0.4, -0.2) is 15.6 Å². The Kier molecular flexibility index (Phi) is 10.1. The number of hydrogen-bond acceptors (Lipinski definition) is 3. The van der Waals surface area contributed by atoms with Gasteiger partial charge in [0, 0.05) is 24.3 Å². The Hall–Kier alpha value is -3.92. The second-order valence-electron chi connectivity index (χ2n) is 9.88. The molecule has 39 heavy (non-hydrogen) atoms. The van der Waals surface area contributed by atoms with E-state index in [1.54, 1.807) is 25.1 Å². The minimum atomic E-state index is -4.66. The second-order valence-corrected chi connectivity index (χ2v) is 9.88. The van der Waals surface area contributed by atoms with Crippen LogP contribution in [0.3, 0.4) is 0 Å². The van der Waals surface area contributed by atoms with E-state index >= 15 is 0 Å². The fourth-order valence-electron chi connectivity index (χ4n) is 4.44. The zero-order chi connectivity index (χ0) is 28.6. The van der Waals surface area contributed by atoms with Crippen molar-refractivity contribution in [3.05, 3.63) is 107 Å². The first-order chi connectivity index (χ1) is 18.6. The van der Waals surface area contributed by atoms with E-state index in [4.69, 9.17) is 0 Å². The predicted molar refractivity (Wildman–Crippen MR) is 148 cm³/mol. The zero-order valence-corrected chi connectivity index (χ0v) is 22.7. The van der Waals surface area contributed by atoms with Crippen LogP contribution < -0.4 is 0 Å². The van der Waals surface area contributed by atoms with Gasteiger partial charge in [0.1, 0.15) is 5.69 Å². The Morgan fingerprint density at radius 2 is 1.82 bits per heavy atom. The molecule has 0 aliphatic rings. The average Bonchev–Trinajstić information content (AvgIpc) is 3.40. The summed E-state index contributed by atoms with van der Waals surface area (Å²) >= 11 is 0. The van der Waals surface area contributed by atoms with Crippen molar-refractivity contribution in [2.24, 2.45) is 11.8 Å². The van der Waals surface area contributed by atoms with Crippen LogP contribution in [0.25, 0.3) is 5.69 Å². The molecule has 0 saturated heterocycles. The molecule has 0 saturated carbocycles. The SMILES string of the molecule is CCc1cccc(-n2nc(C(F)(F)F)cc2C(=O)C(C)C(C)CC=CC=C(C)C(CC#N)c2ccccc2)c1. The van der Waals surface area contributed by atoms with Crippen LogP contribution in [0, 0.1) is 23.2 Å². The summed E-state index contributed by atoms with van der Waals surface area (Å²) in [7, 11) is 0. The normalized spacial score (nSPS) is 14.7. The summed E-state index contributed by atoms with van der Waals surface area (Å²) in [4.78, 5) is 13.4. The molecule has 0 spiro atoms. The van der Waals surface area contributed by atoms with Gasteiger partial charge in [-0.3, -0.25) is 4.79 Å². The van der Waals surface area contributed by atoms with Gasteiger partial charge in [0.2, 0.25) is 0 Å². The summed E-state index contributed by atoms with van der Waals surface area (Å²) in [6.45, 7) is 7.60. The van der Waals surface area contributed by atoms with Gasteiger partial charge in [-0.25, -0.2) is 4.68 Å². The molecular formula is C32H34F3N3O. The molecule has 204 valence electrons. The van der Waals surface area contributed by atoms with E-state index in [0.717, 1.165) is 27.4 Å². The maximum Gasteiger partial charge on any atom is 0.435 e. The highest BCUT2D eigenvalue weighted by atomic mass is 19.4. The number of carbonyl (C=O) groups excluding carboxylic acids is 1. The van der Waals surface area contributed by atoms with Crippen LogP contribution in [0.15, 0.2) is 84.5 Å². The maximum atomic E-state index is 13.5. The molecular weight excluding hydrogens is 499 g/mol. The highest BCUT2D eigenvalue weighted by Crippen LogP contribution is 2.32. The molecule has 1 aromatic heterocycles. The van der Waals surface area contributed by atoms with Crippen molar-refractivity contribution in [1.29, 1.82) is 5.26 Å². The number of carbonyl (C=O) groups is 1. The van der Waals surface area contributed by atoms with E-state index in [-0.39, 0.29) is 23.3 Å². The van der Waals surface area contributed by atoms with E-state index in [1.807, 2.05) is 75.4 Å². The van der Waals surface area contributed by atoms with Gasteiger partial charge < -0.3 is 0 Å². The first-order valence-electron chi connectivity index (χ1n) is 13.1. The Morgan fingerprint density at radius 3 is 2.46 bits per heavy atom. The van der Waals surface area contributed by atoms with Gasteiger partial charge in [0.25, 0.3) is 0 Å². The van der Waals surface area contributed by atoms with Crippen LogP contribution in [0.4, 0.5) is 13.2 Å². The third-order valence-corrected chi connectivity index (χ3v) is 7.13. The molecule has 1 heterocycles. The number of aromatic nitrogens is 2. The minimum Gasteiger partial charge on any atom is -0.292 e. The first kappa shape index (κ1) is 29.6. The number of halogens is 3. The van der Waals surface area contributed by atoms with Crippen molar-refractivity contribution in [2.75, 3.05) is 0 Å². The highest BCUT2D eigenvalue weighted by Gasteiger charge is 2.37. The fraction of sp³-hybridized carbons (Fsp3) is 0.344. The van der Waals surface area contributed by atoms with E-state index < -0.39 is 17.8 Å². The summed E-state index contributed by atoms with van der Waals surface area (Å²) < 4.78 is 41.7. The summed E-state index contributed by atoms with van der Waals surface area (Å²) in [6.07, 6.45) is 2.83. The summed E-state index contributed by atoms with van der Waals surface area (Å²) in [5.41, 5.74) is 2.34. The topological polar surface area (TPSA) is 58.7 Å². The number of nitriles is 1. The lowest BCUT2D eigenvalue weighted by atomic mass is 9.87. The molecule has 0 aliphatic heterocycles. The lowest BCUT2D eigenvalue weighted by Gasteiger charge is -2.18. The molecule has 0 aliphatic carbocycles. The van der Waals surface area contributed by atoms with Crippen molar-refractivity contribution in [1.82, 2.24) is 9.78 Å². The monoisotopic (exact) mass is 533 g/mol. The van der Waals surface area contributed by atoms with Crippen LogP contribution in [0.5, 0.6) is 0 Å². The molecule has 3 rings (SSSR count). The first-order valence-corrected chi connectivity index (χ1v) is 13.1. The lowest BCUT2D eigenvalue weighted by Crippen LogP contribution is -2.21. The number of Topliss-reactive ketones (excluding diaryl/α,β-unsaturated/α-hetero) is 1. The Labute approximate surface area is 228 Å². The largest absolute Gasteiger partial charge is 0.435 e. The summed E-state index contributed by atoms with van der Waals surface area (Å²) in [6, 6.07) is 20.0. The van der Waals surface area contributed by atoms with Crippen molar-refractivity contribution in [3.8, 4) is 11.8 Å². The van der Waals surface area contributed by atoms with Crippen molar-refractivity contribution in [2.45, 2.75) is 59.1 Å². The van der Waals surface area contributed by atoms with Crippen LogP contribution >= 0.6 is 0 Å². The van der Waals surface area contributed by atoms with Gasteiger partial charge in [-0.15, -0.1) is 0 Å². The molecule has 4 nitrogen and oxygen atoms in total. The van der Waals surface area contributed by atoms with Crippen LogP contribution in [0.2, 0.25) is 0 Å². The Bertz CT molecular complexity index is 1360. The van der Waals surface area contributed by atoms with Crippen LogP contribution in [0.1, 0.15) is 73.8 Å². The number of nitrogens with zero attached hydrogens (tertiary/aromatic N) is 3. The zero-order valence-electron chi connectivity index (χ0n) is 22.7. The van der Waals surface area contributed by atoms with Gasteiger partial charge in [-0.1, -0.05) is 87.0 Å². The second kappa shape index (κ2) is 13.2. The number of alkyl halides is 3. The Morgan fingerprint density at radius 1 is 1.10 bits per heavy atom. The van der Waals surface area contributed by atoms with E-state index in [0.29, 0.717) is 24.9 Å². The molecule has 7 heteroatoms. The molecule has 0 N–H and O–H groups in total. The van der Waals surface area contributed by atoms with Gasteiger partial charge in [-0.05, 0) is 48.9 Å². The van der Waals surface area contributed by atoms with E-state index in [9.17, 15) is 23.2 Å². The smallest absolute Gasteiger partial charge is 0.292 e. The van der Waals surface area contributed by atoms with Crippen molar-refractivity contribution in [3.63, 3.8) is 0 Å². The number of benzene rings is 2. The molecule has 0 amide bonds. The van der Waals surface area contributed by atoms with E-state index in [2.05, 4.69) is 11.2 Å². The number of rotatable bonds is 11. The van der Waals surface area contributed by atoms with Crippen molar-refractivity contribution < 1.29 is 18.0 Å². The highest BCUT2D eigenvalue weighted by molar-refractivity contribution is 5.97. The third-order valence-electron chi connectivity index (χ3n) is 7.13. The quantitative estimate of drug-likeness (QED) is 0.183. The standard InChI is InChI=1S/C32H34F3N3O/c1-5-25-14-11-17-27(20-25)38-29(21-30(37-38)32(33,34)35)31(39)24(4)22(2)12-9-10-13-23(3)28(18-19-36)26-15-7-6-8-16-26/h6-11,13-17,20-22,24,28H,5,12,18H2,1-4H3. The van der Waals surface area contributed by atoms with Crippen LogP contribution in [-0.2, 0) is 12.6 Å². The summed E-state index contributed by atoms with van der Waals surface area (Å²) in [5, 5.41) is 13.0. The predicted octanol–water partition coefficient (Wildman–Crippen LogP) is 8.50.